The van der Waals surface area contributed by atoms with Crippen molar-refractivity contribution in [2.75, 3.05) is 5.75 Å². The van der Waals surface area contributed by atoms with Gasteiger partial charge in [0.1, 0.15) is 0 Å². The minimum Gasteiger partial charge on any atom is -0.195 e. The monoisotopic (exact) mass is 164 g/mol. The first-order valence-corrected chi connectivity index (χ1v) is 3.94. The summed E-state index contributed by atoms with van der Waals surface area (Å²) in [6.45, 7) is 6.92. The Labute approximate surface area is 70.8 Å². The molecule has 0 amide bonds. The average molecular weight is 164 g/mol. The average Bonchev–Trinajstić information content (AvgIpc) is 2.08. The Bertz CT molecular complexity index is 217. The lowest BCUT2D eigenvalue weighted by Gasteiger charge is -2.09. The number of thioether (sulfide) groups is 1. The van der Waals surface area contributed by atoms with Crippen LogP contribution in [0.5, 0.6) is 0 Å². The van der Waals surface area contributed by atoms with E-state index < -0.39 is 4.75 Å². The Morgan fingerprint density at radius 2 is 1.91 bits per heavy atom. The molecule has 0 aromatic heterocycles. The summed E-state index contributed by atoms with van der Waals surface area (Å²) < 4.78 is -1.10. The van der Waals surface area contributed by atoms with Crippen LogP contribution < -0.4 is 0 Å². The Hall–Kier alpha value is -1.19. The highest BCUT2D eigenvalue weighted by molar-refractivity contribution is 8.01. The highest BCUT2D eigenvalue weighted by Gasteiger charge is 2.25. The lowest BCUT2D eigenvalue weighted by molar-refractivity contribution is 1.16. The van der Waals surface area contributed by atoms with Gasteiger partial charge in [-0.05, 0) is 6.08 Å². The van der Waals surface area contributed by atoms with Gasteiger partial charge in [0.15, 0.2) is 0 Å². The summed E-state index contributed by atoms with van der Waals surface area (Å²) in [7, 11) is 0. The van der Waals surface area contributed by atoms with Crippen LogP contribution in [0.3, 0.4) is 0 Å². The van der Waals surface area contributed by atoms with Gasteiger partial charge < -0.3 is 0 Å². The van der Waals surface area contributed by atoms with Crippen LogP contribution in [0.1, 0.15) is 0 Å². The number of hydrogen-bond donors (Lipinski definition) is 0. The van der Waals surface area contributed by atoms with E-state index in [0.717, 1.165) is 0 Å². The van der Waals surface area contributed by atoms with E-state index in [1.54, 1.807) is 6.08 Å². The van der Waals surface area contributed by atoms with Crippen LogP contribution >= 0.6 is 11.8 Å². The molecule has 0 aliphatic rings. The minimum absolute atomic E-state index is 0.577. The third-order valence-corrected chi connectivity index (χ3v) is 2.26. The van der Waals surface area contributed by atoms with E-state index in [0.29, 0.717) is 5.75 Å². The van der Waals surface area contributed by atoms with Crippen molar-refractivity contribution in [3.63, 3.8) is 0 Å². The van der Waals surface area contributed by atoms with Gasteiger partial charge >= 0.3 is 0 Å². The molecule has 2 nitrogen and oxygen atoms in total. The van der Waals surface area contributed by atoms with Crippen LogP contribution in [0.2, 0.25) is 0 Å². The maximum atomic E-state index is 8.60. The zero-order valence-electron chi connectivity index (χ0n) is 6.08. The molecule has 0 saturated heterocycles. The van der Waals surface area contributed by atoms with Crippen LogP contribution in [0, 0.1) is 22.7 Å². The Kier molecular flexibility index (Phi) is 4.10. The summed E-state index contributed by atoms with van der Waals surface area (Å²) in [6, 6.07) is 3.77. The van der Waals surface area contributed by atoms with Crippen LogP contribution in [-0.2, 0) is 0 Å². The molecule has 0 saturated carbocycles. The van der Waals surface area contributed by atoms with Gasteiger partial charge in [-0.3, -0.25) is 0 Å². The molecule has 0 aromatic rings. The Balaban J connectivity index is 4.35. The summed E-state index contributed by atoms with van der Waals surface area (Å²) in [4.78, 5) is 0. The van der Waals surface area contributed by atoms with Crippen molar-refractivity contribution in [3.8, 4) is 12.1 Å². The quantitative estimate of drug-likeness (QED) is 0.596. The molecule has 0 rings (SSSR count). The molecule has 0 atom stereocenters. The molecule has 0 bridgehead atoms. The van der Waals surface area contributed by atoms with Crippen molar-refractivity contribution in [1.82, 2.24) is 0 Å². The molecular formula is C8H8N2S. The standard InChI is InChI=1S/C8H8N2S/c1-3-5-11-8(4-2,6-9)7-10/h3-4H,1-2,5H2. The first-order valence-electron chi connectivity index (χ1n) is 2.95. The molecule has 3 heteroatoms. The second-order valence-electron chi connectivity index (χ2n) is 1.76. The van der Waals surface area contributed by atoms with E-state index in [4.69, 9.17) is 10.5 Å². The zero-order valence-corrected chi connectivity index (χ0v) is 6.90. The largest absolute Gasteiger partial charge is 0.207 e. The van der Waals surface area contributed by atoms with E-state index >= 15 is 0 Å². The molecule has 0 fully saturated rings. The van der Waals surface area contributed by atoms with Gasteiger partial charge in [-0.2, -0.15) is 10.5 Å². The summed E-state index contributed by atoms with van der Waals surface area (Å²) in [5.74, 6) is 0.577. The first kappa shape index (κ1) is 9.81. The molecule has 0 aliphatic heterocycles. The van der Waals surface area contributed by atoms with Gasteiger partial charge in [-0.15, -0.1) is 18.3 Å². The van der Waals surface area contributed by atoms with Gasteiger partial charge in [0.05, 0.1) is 12.1 Å². The topological polar surface area (TPSA) is 47.6 Å². The van der Waals surface area contributed by atoms with Crippen LogP contribution in [0.4, 0.5) is 0 Å². The third kappa shape index (κ3) is 2.49. The molecule has 0 radical (unpaired) electrons. The Morgan fingerprint density at radius 1 is 1.36 bits per heavy atom. The molecule has 0 heterocycles. The van der Waals surface area contributed by atoms with Crippen molar-refractivity contribution >= 4 is 11.8 Å². The van der Waals surface area contributed by atoms with E-state index in [1.807, 2.05) is 12.1 Å². The lowest BCUT2D eigenvalue weighted by Crippen LogP contribution is -2.15. The SMILES string of the molecule is C=CCSC(C#N)(C#N)C=C. The summed E-state index contributed by atoms with van der Waals surface area (Å²) >= 11 is 1.21. The maximum absolute atomic E-state index is 8.60. The second-order valence-corrected chi connectivity index (χ2v) is 3.03. The van der Waals surface area contributed by atoms with Crippen molar-refractivity contribution in [3.05, 3.63) is 25.3 Å². The predicted molar refractivity (Wildman–Crippen MR) is 46.8 cm³/mol. The van der Waals surface area contributed by atoms with E-state index in [-0.39, 0.29) is 0 Å². The van der Waals surface area contributed by atoms with E-state index in [9.17, 15) is 0 Å². The molecule has 0 N–H and O–H groups in total. The van der Waals surface area contributed by atoms with Crippen molar-refractivity contribution < 1.29 is 0 Å². The number of nitriles is 2. The molecule has 56 valence electrons. The molecule has 0 aliphatic carbocycles. The van der Waals surface area contributed by atoms with Gasteiger partial charge in [0.25, 0.3) is 0 Å². The van der Waals surface area contributed by atoms with E-state index in [2.05, 4.69) is 13.2 Å². The summed E-state index contributed by atoms with van der Waals surface area (Å²) in [5, 5.41) is 17.2. The highest BCUT2D eigenvalue weighted by atomic mass is 32.2. The molecule has 11 heavy (non-hydrogen) atoms. The second kappa shape index (κ2) is 4.60. The lowest BCUT2D eigenvalue weighted by atomic mass is 10.2. The Morgan fingerprint density at radius 3 is 2.18 bits per heavy atom. The fourth-order valence-electron chi connectivity index (χ4n) is 0.430. The van der Waals surface area contributed by atoms with Crippen molar-refractivity contribution in [2.24, 2.45) is 0 Å². The van der Waals surface area contributed by atoms with Gasteiger partial charge in [0, 0.05) is 5.75 Å². The third-order valence-electron chi connectivity index (χ3n) is 1.05. The molecule has 0 unspecified atom stereocenters. The van der Waals surface area contributed by atoms with Gasteiger partial charge in [0.2, 0.25) is 4.75 Å². The number of nitrogens with zero attached hydrogens (tertiary/aromatic N) is 2. The smallest absolute Gasteiger partial charge is 0.195 e. The fraction of sp³-hybridized carbons (Fsp3) is 0.250. The first-order chi connectivity index (χ1) is 5.24. The molecule has 0 spiro atoms. The number of rotatable bonds is 4. The molecular weight excluding hydrogens is 156 g/mol. The predicted octanol–water partition coefficient (Wildman–Crippen LogP) is 1.88. The highest BCUT2D eigenvalue weighted by Crippen LogP contribution is 2.24. The van der Waals surface area contributed by atoms with Crippen LogP contribution in [-0.4, -0.2) is 10.5 Å². The van der Waals surface area contributed by atoms with E-state index in [1.165, 1.54) is 17.8 Å². The van der Waals surface area contributed by atoms with Gasteiger partial charge in [-0.25, -0.2) is 0 Å². The minimum atomic E-state index is -1.10. The maximum Gasteiger partial charge on any atom is 0.207 e. The number of hydrogen-bond acceptors (Lipinski definition) is 3. The van der Waals surface area contributed by atoms with Crippen LogP contribution in [0.15, 0.2) is 25.3 Å². The zero-order chi connectivity index (χ0) is 8.74. The summed E-state index contributed by atoms with van der Waals surface area (Å²) in [5.41, 5.74) is 0. The normalized spacial score (nSPS) is 9.27. The van der Waals surface area contributed by atoms with Gasteiger partial charge in [-0.1, -0.05) is 12.7 Å². The summed E-state index contributed by atoms with van der Waals surface area (Å²) in [6.07, 6.45) is 3.00. The van der Waals surface area contributed by atoms with Crippen molar-refractivity contribution in [1.29, 1.82) is 10.5 Å². The van der Waals surface area contributed by atoms with Crippen molar-refractivity contribution in [2.45, 2.75) is 4.75 Å². The molecule has 0 aromatic carbocycles. The fourth-order valence-corrected chi connectivity index (χ4v) is 1.06. The van der Waals surface area contributed by atoms with Crippen LogP contribution in [0.25, 0.3) is 0 Å².